The van der Waals surface area contributed by atoms with Crippen molar-refractivity contribution in [3.8, 4) is 0 Å². The molecule has 0 radical (unpaired) electrons. The quantitative estimate of drug-likeness (QED) is 0.733. The van der Waals surface area contributed by atoms with Crippen molar-refractivity contribution in [1.29, 1.82) is 0 Å². The molecular formula is C17H17ClF2N2S. The third-order valence-corrected chi connectivity index (χ3v) is 3.98. The van der Waals surface area contributed by atoms with Crippen LogP contribution in [0.25, 0.3) is 0 Å². The molecule has 0 aromatic heterocycles. The van der Waals surface area contributed by atoms with E-state index < -0.39 is 11.6 Å². The van der Waals surface area contributed by atoms with Gasteiger partial charge in [0.15, 0.2) is 16.7 Å². The van der Waals surface area contributed by atoms with Gasteiger partial charge in [-0.3, -0.25) is 0 Å². The Morgan fingerprint density at radius 2 is 1.83 bits per heavy atom. The molecule has 2 N–H and O–H groups in total. The highest BCUT2D eigenvalue weighted by molar-refractivity contribution is 7.80. The lowest BCUT2D eigenvalue weighted by Gasteiger charge is -2.19. The normalized spacial score (nSPS) is 11.9. The predicted molar refractivity (Wildman–Crippen MR) is 95.1 cm³/mol. The van der Waals surface area contributed by atoms with Crippen LogP contribution in [0, 0.1) is 25.5 Å². The SMILES string of the molecule is Cc1cc(C)c(NC(=S)N[C@@H](C)c2ccc(F)c(F)c2)c(Cl)c1. The number of aryl methyl sites for hydroxylation is 2. The lowest BCUT2D eigenvalue weighted by Crippen LogP contribution is -2.31. The van der Waals surface area contributed by atoms with Gasteiger partial charge in [0.2, 0.25) is 0 Å². The second-order valence-corrected chi connectivity index (χ2v) is 6.25. The van der Waals surface area contributed by atoms with E-state index in [1.807, 2.05) is 32.9 Å². The summed E-state index contributed by atoms with van der Waals surface area (Å²) in [6, 6.07) is 7.33. The van der Waals surface area contributed by atoms with E-state index in [4.69, 9.17) is 23.8 Å². The fourth-order valence-electron chi connectivity index (χ4n) is 2.29. The maximum absolute atomic E-state index is 13.3. The molecular weight excluding hydrogens is 338 g/mol. The molecule has 2 aromatic rings. The van der Waals surface area contributed by atoms with Crippen LogP contribution in [0.15, 0.2) is 30.3 Å². The number of hydrogen-bond donors (Lipinski definition) is 2. The predicted octanol–water partition coefficient (Wildman–Crippen LogP) is 5.28. The van der Waals surface area contributed by atoms with Crippen LogP contribution < -0.4 is 10.6 Å². The molecule has 0 heterocycles. The zero-order valence-electron chi connectivity index (χ0n) is 13.0. The summed E-state index contributed by atoms with van der Waals surface area (Å²) >= 11 is 11.5. The van der Waals surface area contributed by atoms with Crippen molar-refractivity contribution in [3.63, 3.8) is 0 Å². The zero-order chi connectivity index (χ0) is 17.1. The van der Waals surface area contributed by atoms with Crippen molar-refractivity contribution in [2.45, 2.75) is 26.8 Å². The highest BCUT2D eigenvalue weighted by Crippen LogP contribution is 2.27. The van der Waals surface area contributed by atoms with E-state index in [1.54, 1.807) is 0 Å². The molecule has 0 aliphatic heterocycles. The molecule has 0 aliphatic carbocycles. The molecule has 0 spiro atoms. The van der Waals surface area contributed by atoms with Gasteiger partial charge in [-0.15, -0.1) is 0 Å². The molecule has 122 valence electrons. The summed E-state index contributed by atoms with van der Waals surface area (Å²) in [5.74, 6) is -1.75. The van der Waals surface area contributed by atoms with E-state index in [1.165, 1.54) is 6.07 Å². The number of hydrogen-bond acceptors (Lipinski definition) is 1. The third kappa shape index (κ3) is 4.39. The molecule has 6 heteroatoms. The van der Waals surface area contributed by atoms with Crippen LogP contribution in [0.3, 0.4) is 0 Å². The van der Waals surface area contributed by atoms with Crippen LogP contribution in [-0.2, 0) is 0 Å². The molecule has 0 saturated carbocycles. The molecule has 2 rings (SSSR count). The average Bonchev–Trinajstić information content (AvgIpc) is 2.45. The largest absolute Gasteiger partial charge is 0.356 e. The first-order valence-corrected chi connectivity index (χ1v) is 7.85. The lowest BCUT2D eigenvalue weighted by molar-refractivity contribution is 0.505. The van der Waals surface area contributed by atoms with Crippen LogP contribution >= 0.6 is 23.8 Å². The Morgan fingerprint density at radius 3 is 2.43 bits per heavy atom. The molecule has 2 nitrogen and oxygen atoms in total. The van der Waals surface area contributed by atoms with E-state index in [2.05, 4.69) is 10.6 Å². The Labute approximate surface area is 144 Å². The van der Waals surface area contributed by atoms with Gasteiger partial charge in [0.1, 0.15) is 0 Å². The van der Waals surface area contributed by atoms with Gasteiger partial charge in [0.25, 0.3) is 0 Å². The minimum absolute atomic E-state index is 0.283. The molecule has 0 unspecified atom stereocenters. The maximum Gasteiger partial charge on any atom is 0.171 e. The van der Waals surface area contributed by atoms with Gasteiger partial charge in [-0.2, -0.15) is 0 Å². The first-order chi connectivity index (χ1) is 10.8. The van der Waals surface area contributed by atoms with Gasteiger partial charge in [-0.25, -0.2) is 8.78 Å². The molecule has 2 aromatic carbocycles. The van der Waals surface area contributed by atoms with E-state index in [9.17, 15) is 8.78 Å². The number of halogens is 3. The highest BCUT2D eigenvalue weighted by Gasteiger charge is 2.12. The van der Waals surface area contributed by atoms with E-state index in [-0.39, 0.29) is 6.04 Å². The Kier molecular flexibility index (Phi) is 5.55. The van der Waals surface area contributed by atoms with E-state index in [0.29, 0.717) is 15.7 Å². The van der Waals surface area contributed by atoms with Crippen LogP contribution in [0.4, 0.5) is 14.5 Å². The Balaban J connectivity index is 2.09. The number of rotatable bonds is 3. The average molecular weight is 355 g/mol. The van der Waals surface area contributed by atoms with Gasteiger partial charge in [0, 0.05) is 0 Å². The number of benzene rings is 2. The Hall–Kier alpha value is -1.72. The summed E-state index contributed by atoms with van der Waals surface area (Å²) in [7, 11) is 0. The second-order valence-electron chi connectivity index (χ2n) is 5.43. The van der Waals surface area contributed by atoms with Gasteiger partial charge in [-0.05, 0) is 67.9 Å². The van der Waals surface area contributed by atoms with Crippen LogP contribution in [0.2, 0.25) is 5.02 Å². The van der Waals surface area contributed by atoms with Gasteiger partial charge in [-0.1, -0.05) is 23.7 Å². The fraction of sp³-hybridized carbons (Fsp3) is 0.235. The molecule has 0 amide bonds. The Morgan fingerprint density at radius 1 is 1.13 bits per heavy atom. The van der Waals surface area contributed by atoms with Crippen molar-refractivity contribution in [2.75, 3.05) is 5.32 Å². The van der Waals surface area contributed by atoms with Crippen molar-refractivity contribution in [1.82, 2.24) is 5.32 Å². The van der Waals surface area contributed by atoms with Crippen LogP contribution in [0.1, 0.15) is 29.7 Å². The van der Waals surface area contributed by atoms with Crippen molar-refractivity contribution >= 4 is 34.6 Å². The standard InChI is InChI=1S/C17H17ClF2N2S/c1-9-6-10(2)16(13(18)7-9)22-17(23)21-11(3)12-4-5-14(19)15(20)8-12/h4-8,11H,1-3H3,(H2,21,22,23)/t11-/m0/s1. The van der Waals surface area contributed by atoms with Gasteiger partial charge < -0.3 is 10.6 Å². The van der Waals surface area contributed by atoms with E-state index >= 15 is 0 Å². The first kappa shape index (κ1) is 17.6. The summed E-state index contributed by atoms with van der Waals surface area (Å²) in [6.45, 7) is 5.71. The second kappa shape index (κ2) is 7.23. The monoisotopic (exact) mass is 354 g/mol. The minimum Gasteiger partial charge on any atom is -0.356 e. The molecule has 0 aliphatic rings. The number of nitrogens with one attached hydrogen (secondary N) is 2. The van der Waals surface area contributed by atoms with Crippen molar-refractivity contribution in [2.24, 2.45) is 0 Å². The zero-order valence-corrected chi connectivity index (χ0v) is 14.6. The maximum atomic E-state index is 13.3. The highest BCUT2D eigenvalue weighted by atomic mass is 35.5. The molecule has 0 fully saturated rings. The summed E-state index contributed by atoms with van der Waals surface area (Å²) in [4.78, 5) is 0. The molecule has 1 atom stereocenters. The lowest BCUT2D eigenvalue weighted by atomic mass is 10.1. The van der Waals surface area contributed by atoms with Gasteiger partial charge in [0.05, 0.1) is 16.8 Å². The Bertz CT molecular complexity index is 726. The molecule has 0 bridgehead atoms. The topological polar surface area (TPSA) is 24.1 Å². The smallest absolute Gasteiger partial charge is 0.171 e. The van der Waals surface area contributed by atoms with E-state index in [0.717, 1.165) is 28.9 Å². The third-order valence-electron chi connectivity index (χ3n) is 3.46. The summed E-state index contributed by atoms with van der Waals surface area (Å²) in [5, 5.41) is 7.02. The van der Waals surface area contributed by atoms with Crippen molar-refractivity contribution in [3.05, 3.63) is 63.7 Å². The molecule has 0 saturated heterocycles. The van der Waals surface area contributed by atoms with Gasteiger partial charge >= 0.3 is 0 Å². The van der Waals surface area contributed by atoms with Crippen LogP contribution in [-0.4, -0.2) is 5.11 Å². The first-order valence-electron chi connectivity index (χ1n) is 7.07. The van der Waals surface area contributed by atoms with Crippen LogP contribution in [0.5, 0.6) is 0 Å². The summed E-state index contributed by atoms with van der Waals surface area (Å²) in [5.41, 5.74) is 3.36. The van der Waals surface area contributed by atoms with Crippen molar-refractivity contribution < 1.29 is 8.78 Å². The number of thiocarbonyl (C=S) groups is 1. The minimum atomic E-state index is -0.882. The summed E-state index contributed by atoms with van der Waals surface area (Å²) in [6.07, 6.45) is 0. The fourth-order valence-corrected chi connectivity index (χ4v) is 2.93. The molecule has 23 heavy (non-hydrogen) atoms. The summed E-state index contributed by atoms with van der Waals surface area (Å²) < 4.78 is 26.3. The number of anilines is 1.